The summed E-state index contributed by atoms with van der Waals surface area (Å²) in [4.78, 5) is 21.9. The standard InChI is InChI=1S/C14H6F2N2O2/c15-11-3-1-7-8-2-4-12(16)10(6-20)14(8)18-17-13(7)9(11)5-19/h1-6H. The molecule has 0 radical (unpaired) electrons. The van der Waals surface area contributed by atoms with Gasteiger partial charge in [-0.25, -0.2) is 8.78 Å². The zero-order chi connectivity index (χ0) is 14.3. The van der Waals surface area contributed by atoms with Crippen molar-refractivity contribution in [2.75, 3.05) is 0 Å². The molecule has 0 bridgehead atoms. The quantitative estimate of drug-likeness (QED) is 0.531. The van der Waals surface area contributed by atoms with Crippen molar-refractivity contribution in [3.05, 3.63) is 47.0 Å². The molecule has 0 unspecified atom stereocenters. The zero-order valence-corrected chi connectivity index (χ0v) is 9.93. The molecule has 0 amide bonds. The van der Waals surface area contributed by atoms with Crippen LogP contribution in [0.15, 0.2) is 24.3 Å². The van der Waals surface area contributed by atoms with E-state index in [2.05, 4.69) is 10.2 Å². The van der Waals surface area contributed by atoms with Gasteiger partial charge in [0.15, 0.2) is 12.6 Å². The molecule has 2 aromatic carbocycles. The summed E-state index contributed by atoms with van der Waals surface area (Å²) in [6.45, 7) is 0. The minimum Gasteiger partial charge on any atom is -0.298 e. The Hall–Kier alpha value is -2.76. The zero-order valence-electron chi connectivity index (χ0n) is 9.93. The van der Waals surface area contributed by atoms with Gasteiger partial charge in [-0.3, -0.25) is 9.59 Å². The fourth-order valence-corrected chi connectivity index (χ4v) is 2.14. The number of carbonyl (C=O) groups excluding carboxylic acids is 2. The lowest BCUT2D eigenvalue weighted by molar-refractivity contribution is 0.111. The molecule has 0 fully saturated rings. The van der Waals surface area contributed by atoms with Crippen LogP contribution in [0.4, 0.5) is 8.78 Å². The first kappa shape index (κ1) is 12.3. The maximum atomic E-state index is 13.5. The van der Waals surface area contributed by atoms with Crippen LogP contribution in [0.3, 0.4) is 0 Å². The van der Waals surface area contributed by atoms with Crippen LogP contribution in [0, 0.1) is 11.6 Å². The summed E-state index contributed by atoms with van der Waals surface area (Å²) in [5, 5.41) is 8.35. The Morgan fingerprint density at radius 1 is 0.750 bits per heavy atom. The summed E-state index contributed by atoms with van der Waals surface area (Å²) in [6, 6.07) is 5.08. The summed E-state index contributed by atoms with van der Waals surface area (Å²) in [6.07, 6.45) is 0.699. The van der Waals surface area contributed by atoms with Gasteiger partial charge in [0, 0.05) is 10.8 Å². The molecule has 1 heterocycles. The number of hydrogen-bond donors (Lipinski definition) is 0. The molecular weight excluding hydrogens is 266 g/mol. The molecule has 0 aliphatic heterocycles. The van der Waals surface area contributed by atoms with Crippen molar-refractivity contribution in [2.24, 2.45) is 0 Å². The van der Waals surface area contributed by atoms with Crippen molar-refractivity contribution in [2.45, 2.75) is 0 Å². The van der Waals surface area contributed by atoms with E-state index in [1.165, 1.54) is 12.1 Å². The van der Waals surface area contributed by atoms with E-state index in [-0.39, 0.29) is 22.2 Å². The highest BCUT2D eigenvalue weighted by Gasteiger charge is 2.15. The number of carbonyl (C=O) groups is 2. The molecule has 0 spiro atoms. The third-order valence-electron chi connectivity index (χ3n) is 3.10. The van der Waals surface area contributed by atoms with Crippen molar-refractivity contribution in [1.29, 1.82) is 0 Å². The van der Waals surface area contributed by atoms with E-state index in [1.807, 2.05) is 0 Å². The van der Waals surface area contributed by atoms with Crippen LogP contribution >= 0.6 is 0 Å². The average molecular weight is 272 g/mol. The smallest absolute Gasteiger partial charge is 0.155 e. The maximum absolute atomic E-state index is 13.5. The molecule has 0 atom stereocenters. The Morgan fingerprint density at radius 2 is 1.15 bits per heavy atom. The third kappa shape index (κ3) is 1.58. The predicted octanol–water partition coefficient (Wildman–Crippen LogP) is 2.69. The lowest BCUT2D eigenvalue weighted by Crippen LogP contribution is -1.99. The van der Waals surface area contributed by atoms with Gasteiger partial charge in [-0.2, -0.15) is 0 Å². The van der Waals surface area contributed by atoms with Crippen molar-refractivity contribution in [1.82, 2.24) is 10.2 Å². The summed E-state index contributed by atoms with van der Waals surface area (Å²) >= 11 is 0. The number of fused-ring (bicyclic) bond motifs is 3. The lowest BCUT2D eigenvalue weighted by atomic mass is 10.0. The van der Waals surface area contributed by atoms with Gasteiger partial charge in [-0.15, -0.1) is 10.2 Å². The largest absolute Gasteiger partial charge is 0.298 e. The van der Waals surface area contributed by atoms with Crippen LogP contribution in [-0.2, 0) is 0 Å². The van der Waals surface area contributed by atoms with Crippen LogP contribution in [0.2, 0.25) is 0 Å². The van der Waals surface area contributed by atoms with Crippen molar-refractivity contribution in [3.8, 4) is 0 Å². The fourth-order valence-electron chi connectivity index (χ4n) is 2.14. The minimum atomic E-state index is -0.709. The van der Waals surface area contributed by atoms with Crippen LogP contribution in [0.25, 0.3) is 21.8 Å². The molecule has 6 heteroatoms. The highest BCUT2D eigenvalue weighted by molar-refractivity contribution is 6.11. The van der Waals surface area contributed by atoms with E-state index in [0.717, 1.165) is 12.1 Å². The Kier molecular flexibility index (Phi) is 2.71. The molecule has 98 valence electrons. The van der Waals surface area contributed by atoms with Crippen molar-refractivity contribution in [3.63, 3.8) is 0 Å². The fraction of sp³-hybridized carbons (Fsp3) is 0. The molecule has 0 saturated heterocycles. The molecule has 0 N–H and O–H groups in total. The van der Waals surface area contributed by atoms with Gasteiger partial charge in [0.05, 0.1) is 11.1 Å². The van der Waals surface area contributed by atoms with Gasteiger partial charge in [-0.1, -0.05) is 0 Å². The summed E-state index contributed by atoms with van der Waals surface area (Å²) in [5.41, 5.74) is -0.269. The number of benzene rings is 2. The molecule has 0 aliphatic carbocycles. The van der Waals surface area contributed by atoms with Gasteiger partial charge >= 0.3 is 0 Å². The van der Waals surface area contributed by atoms with Crippen LogP contribution in [-0.4, -0.2) is 22.8 Å². The van der Waals surface area contributed by atoms with Crippen LogP contribution in [0.5, 0.6) is 0 Å². The lowest BCUT2D eigenvalue weighted by Gasteiger charge is -2.06. The van der Waals surface area contributed by atoms with Crippen molar-refractivity contribution >= 4 is 34.4 Å². The Balaban J connectivity index is 2.55. The van der Waals surface area contributed by atoms with E-state index in [0.29, 0.717) is 23.3 Å². The van der Waals surface area contributed by atoms with E-state index in [9.17, 15) is 18.4 Å². The van der Waals surface area contributed by atoms with E-state index in [4.69, 9.17) is 0 Å². The predicted molar refractivity (Wildman–Crippen MR) is 67.7 cm³/mol. The van der Waals surface area contributed by atoms with Crippen LogP contribution < -0.4 is 0 Å². The molecule has 1 aromatic heterocycles. The normalized spacial score (nSPS) is 10.9. The van der Waals surface area contributed by atoms with Gasteiger partial charge in [-0.05, 0) is 24.3 Å². The van der Waals surface area contributed by atoms with E-state index in [1.54, 1.807) is 0 Å². The highest BCUT2D eigenvalue weighted by atomic mass is 19.1. The van der Waals surface area contributed by atoms with Gasteiger partial charge in [0.25, 0.3) is 0 Å². The van der Waals surface area contributed by atoms with Gasteiger partial charge in [0.2, 0.25) is 0 Å². The van der Waals surface area contributed by atoms with Gasteiger partial charge in [0.1, 0.15) is 22.7 Å². The first-order chi connectivity index (χ1) is 9.67. The van der Waals surface area contributed by atoms with Crippen LogP contribution in [0.1, 0.15) is 20.7 Å². The number of rotatable bonds is 2. The van der Waals surface area contributed by atoms with Crippen molar-refractivity contribution < 1.29 is 18.4 Å². The van der Waals surface area contributed by atoms with Gasteiger partial charge < -0.3 is 0 Å². The molecule has 4 nitrogen and oxygen atoms in total. The number of halogens is 2. The molecule has 0 aliphatic rings. The molecule has 0 saturated carbocycles. The Morgan fingerprint density at radius 3 is 1.50 bits per heavy atom. The maximum Gasteiger partial charge on any atom is 0.155 e. The number of aromatic nitrogens is 2. The first-order valence-corrected chi connectivity index (χ1v) is 5.65. The third-order valence-corrected chi connectivity index (χ3v) is 3.10. The topological polar surface area (TPSA) is 59.9 Å². The molecule has 3 rings (SSSR count). The SMILES string of the molecule is O=Cc1c(F)ccc2c1nnc1c(C=O)c(F)ccc12. The highest BCUT2D eigenvalue weighted by Crippen LogP contribution is 2.27. The van der Waals surface area contributed by atoms with E-state index >= 15 is 0 Å². The van der Waals surface area contributed by atoms with E-state index < -0.39 is 11.6 Å². The second kappa shape index (κ2) is 4.41. The first-order valence-electron chi connectivity index (χ1n) is 5.65. The Bertz CT molecular complexity index is 805. The number of aldehydes is 2. The Labute approximate surface area is 111 Å². The molecule has 3 aromatic rings. The number of nitrogens with zero attached hydrogens (tertiary/aromatic N) is 2. The number of hydrogen-bond acceptors (Lipinski definition) is 4. The summed E-state index contributed by atoms with van der Waals surface area (Å²) in [7, 11) is 0. The average Bonchev–Trinajstić information content (AvgIpc) is 2.46. The molecular formula is C14H6F2N2O2. The summed E-state index contributed by atoms with van der Waals surface area (Å²) < 4.78 is 27.0. The second-order valence-electron chi connectivity index (χ2n) is 4.15. The monoisotopic (exact) mass is 272 g/mol. The second-order valence-corrected chi connectivity index (χ2v) is 4.15. The summed E-state index contributed by atoms with van der Waals surface area (Å²) in [5.74, 6) is -1.42. The minimum absolute atomic E-state index is 0.0796. The molecule has 20 heavy (non-hydrogen) atoms.